The van der Waals surface area contributed by atoms with E-state index in [1.54, 1.807) is 0 Å². The molecule has 2 aromatic carbocycles. The average molecular weight is 398 g/mol. The first-order chi connectivity index (χ1) is 13.7. The summed E-state index contributed by atoms with van der Waals surface area (Å²) in [6.45, 7) is 2.78. The SMILES string of the molecule is O=C(CN1CCCC(c2nc3ccccc3o2)C1)NCCc1ccc(Cl)cc1. The number of hydrogen-bond donors (Lipinski definition) is 1. The highest BCUT2D eigenvalue weighted by molar-refractivity contribution is 6.30. The molecule has 146 valence electrons. The van der Waals surface area contributed by atoms with Crippen molar-refractivity contribution in [3.8, 4) is 0 Å². The van der Waals surface area contributed by atoms with Crippen LogP contribution in [-0.4, -0.2) is 42.0 Å². The summed E-state index contributed by atoms with van der Waals surface area (Å²) in [6.07, 6.45) is 2.89. The smallest absolute Gasteiger partial charge is 0.234 e. The largest absolute Gasteiger partial charge is 0.440 e. The maximum absolute atomic E-state index is 12.3. The molecule has 2 heterocycles. The van der Waals surface area contributed by atoms with E-state index < -0.39 is 0 Å². The number of hydrogen-bond acceptors (Lipinski definition) is 4. The normalized spacial score (nSPS) is 17.7. The lowest BCUT2D eigenvalue weighted by atomic mass is 9.98. The zero-order valence-electron chi connectivity index (χ0n) is 15.7. The number of nitrogens with one attached hydrogen (secondary N) is 1. The van der Waals surface area contributed by atoms with Gasteiger partial charge >= 0.3 is 0 Å². The van der Waals surface area contributed by atoms with Gasteiger partial charge < -0.3 is 9.73 Å². The number of nitrogens with zero attached hydrogens (tertiary/aromatic N) is 2. The lowest BCUT2D eigenvalue weighted by Gasteiger charge is -2.30. The number of oxazole rings is 1. The maximum Gasteiger partial charge on any atom is 0.234 e. The molecular weight excluding hydrogens is 374 g/mol. The summed E-state index contributed by atoms with van der Waals surface area (Å²) in [5, 5.41) is 3.74. The van der Waals surface area contributed by atoms with Gasteiger partial charge in [0.2, 0.25) is 5.91 Å². The standard InChI is InChI=1S/C22H24ClN3O2/c23-18-9-7-16(8-10-18)11-12-24-21(27)15-26-13-3-4-17(14-26)22-25-19-5-1-2-6-20(19)28-22/h1-2,5-10,17H,3-4,11-15H2,(H,24,27). The molecule has 0 spiro atoms. The van der Waals surface area contributed by atoms with Crippen LogP contribution in [-0.2, 0) is 11.2 Å². The van der Waals surface area contributed by atoms with Gasteiger partial charge in [-0.2, -0.15) is 0 Å². The van der Waals surface area contributed by atoms with Crippen molar-refractivity contribution in [2.24, 2.45) is 0 Å². The van der Waals surface area contributed by atoms with Crippen LogP contribution in [0.4, 0.5) is 0 Å². The Morgan fingerprint density at radius 1 is 1.21 bits per heavy atom. The molecule has 0 aliphatic carbocycles. The minimum absolute atomic E-state index is 0.0622. The Hall–Kier alpha value is -2.37. The molecule has 0 bridgehead atoms. The summed E-state index contributed by atoms with van der Waals surface area (Å²) in [5.41, 5.74) is 2.89. The number of halogens is 1. The number of amides is 1. The lowest BCUT2D eigenvalue weighted by molar-refractivity contribution is -0.122. The molecule has 0 radical (unpaired) electrons. The number of fused-ring (bicyclic) bond motifs is 1. The van der Waals surface area contributed by atoms with Gasteiger partial charge in [0.05, 0.1) is 6.54 Å². The van der Waals surface area contributed by atoms with E-state index in [1.165, 1.54) is 5.56 Å². The number of piperidine rings is 1. The summed E-state index contributed by atoms with van der Waals surface area (Å²) in [4.78, 5) is 19.2. The number of carbonyl (C=O) groups excluding carboxylic acids is 1. The topological polar surface area (TPSA) is 58.4 Å². The fraction of sp³-hybridized carbons (Fsp3) is 0.364. The lowest BCUT2D eigenvalue weighted by Crippen LogP contribution is -2.42. The van der Waals surface area contributed by atoms with Gasteiger partial charge in [-0.05, 0) is 55.6 Å². The number of para-hydroxylation sites is 2. The summed E-state index contributed by atoms with van der Waals surface area (Å²) in [7, 11) is 0. The van der Waals surface area contributed by atoms with Crippen molar-refractivity contribution in [3.63, 3.8) is 0 Å². The number of aromatic nitrogens is 1. The van der Waals surface area contributed by atoms with E-state index in [1.807, 2.05) is 48.5 Å². The molecule has 1 amide bonds. The molecule has 1 atom stereocenters. The van der Waals surface area contributed by atoms with Gasteiger partial charge in [0.25, 0.3) is 0 Å². The molecule has 3 aromatic rings. The summed E-state index contributed by atoms with van der Waals surface area (Å²) >= 11 is 5.90. The first-order valence-electron chi connectivity index (χ1n) is 9.76. The van der Waals surface area contributed by atoms with E-state index in [-0.39, 0.29) is 11.8 Å². The maximum atomic E-state index is 12.3. The van der Waals surface area contributed by atoms with Gasteiger partial charge in [-0.3, -0.25) is 9.69 Å². The van der Waals surface area contributed by atoms with Gasteiger partial charge in [0.1, 0.15) is 5.52 Å². The Kier molecular flexibility index (Phi) is 5.93. The third kappa shape index (κ3) is 4.72. The van der Waals surface area contributed by atoms with Crippen molar-refractivity contribution in [2.75, 3.05) is 26.2 Å². The second-order valence-electron chi connectivity index (χ2n) is 7.32. The van der Waals surface area contributed by atoms with Crippen LogP contribution in [0.15, 0.2) is 52.9 Å². The molecule has 1 N–H and O–H groups in total. The van der Waals surface area contributed by atoms with E-state index in [0.717, 1.165) is 54.4 Å². The van der Waals surface area contributed by atoms with Crippen molar-refractivity contribution in [1.29, 1.82) is 0 Å². The predicted molar refractivity (Wildman–Crippen MR) is 111 cm³/mol. The summed E-state index contributed by atoms with van der Waals surface area (Å²) in [6, 6.07) is 15.6. The third-order valence-corrected chi connectivity index (χ3v) is 5.43. The first kappa shape index (κ1) is 19.0. The Morgan fingerprint density at radius 3 is 2.86 bits per heavy atom. The van der Waals surface area contributed by atoms with E-state index in [0.29, 0.717) is 13.1 Å². The van der Waals surface area contributed by atoms with E-state index in [4.69, 9.17) is 16.0 Å². The zero-order valence-corrected chi connectivity index (χ0v) is 16.5. The molecule has 1 aliphatic rings. The summed E-state index contributed by atoms with van der Waals surface area (Å²) in [5.74, 6) is 1.09. The monoisotopic (exact) mass is 397 g/mol. The molecule has 1 saturated heterocycles. The van der Waals surface area contributed by atoms with E-state index >= 15 is 0 Å². The van der Waals surface area contributed by atoms with Crippen LogP contribution < -0.4 is 5.32 Å². The predicted octanol–water partition coefficient (Wildman–Crippen LogP) is 4.02. The number of carbonyl (C=O) groups is 1. The van der Waals surface area contributed by atoms with Crippen molar-refractivity contribution in [3.05, 3.63) is 65.0 Å². The Balaban J connectivity index is 1.27. The number of likely N-dealkylation sites (tertiary alicyclic amines) is 1. The molecular formula is C22H24ClN3O2. The second kappa shape index (κ2) is 8.76. The van der Waals surface area contributed by atoms with E-state index in [9.17, 15) is 4.79 Å². The van der Waals surface area contributed by atoms with Gasteiger partial charge in [0, 0.05) is 24.0 Å². The number of rotatable bonds is 6. The van der Waals surface area contributed by atoms with Gasteiger partial charge in [-0.1, -0.05) is 35.9 Å². The molecule has 0 saturated carbocycles. The molecule has 1 aromatic heterocycles. The molecule has 4 rings (SSSR count). The van der Waals surface area contributed by atoms with Crippen LogP contribution in [0.5, 0.6) is 0 Å². The average Bonchev–Trinajstić information content (AvgIpc) is 3.14. The van der Waals surface area contributed by atoms with Crippen LogP contribution >= 0.6 is 11.6 Å². The highest BCUT2D eigenvalue weighted by atomic mass is 35.5. The van der Waals surface area contributed by atoms with Gasteiger partial charge in [-0.25, -0.2) is 4.98 Å². The van der Waals surface area contributed by atoms with Gasteiger partial charge in [-0.15, -0.1) is 0 Å². The Bertz CT molecular complexity index is 905. The van der Waals surface area contributed by atoms with Crippen LogP contribution in [0.3, 0.4) is 0 Å². The van der Waals surface area contributed by atoms with Crippen molar-refractivity contribution in [1.82, 2.24) is 15.2 Å². The van der Waals surface area contributed by atoms with Crippen LogP contribution in [0.1, 0.15) is 30.2 Å². The van der Waals surface area contributed by atoms with Crippen molar-refractivity contribution in [2.45, 2.75) is 25.2 Å². The van der Waals surface area contributed by atoms with Crippen LogP contribution in [0.25, 0.3) is 11.1 Å². The Labute approximate surface area is 169 Å². The quantitative estimate of drug-likeness (QED) is 0.682. The van der Waals surface area contributed by atoms with Crippen molar-refractivity contribution < 1.29 is 9.21 Å². The fourth-order valence-corrected chi connectivity index (χ4v) is 3.85. The highest BCUT2D eigenvalue weighted by Gasteiger charge is 2.26. The summed E-state index contributed by atoms with van der Waals surface area (Å²) < 4.78 is 5.94. The molecule has 1 fully saturated rings. The Morgan fingerprint density at radius 2 is 2.04 bits per heavy atom. The highest BCUT2D eigenvalue weighted by Crippen LogP contribution is 2.28. The molecule has 1 unspecified atom stereocenters. The van der Waals surface area contributed by atoms with Crippen LogP contribution in [0, 0.1) is 0 Å². The van der Waals surface area contributed by atoms with E-state index in [2.05, 4.69) is 15.2 Å². The number of benzene rings is 2. The molecule has 5 nitrogen and oxygen atoms in total. The minimum Gasteiger partial charge on any atom is -0.440 e. The molecule has 1 aliphatic heterocycles. The minimum atomic E-state index is 0.0622. The third-order valence-electron chi connectivity index (χ3n) is 5.18. The zero-order chi connectivity index (χ0) is 19.3. The van der Waals surface area contributed by atoms with Crippen molar-refractivity contribution >= 4 is 28.6 Å². The molecule has 6 heteroatoms. The second-order valence-corrected chi connectivity index (χ2v) is 7.76. The molecule has 28 heavy (non-hydrogen) atoms. The first-order valence-corrected chi connectivity index (χ1v) is 10.1. The van der Waals surface area contributed by atoms with Crippen LogP contribution in [0.2, 0.25) is 5.02 Å². The van der Waals surface area contributed by atoms with Gasteiger partial charge in [0.15, 0.2) is 11.5 Å². The fourth-order valence-electron chi connectivity index (χ4n) is 3.72.